The van der Waals surface area contributed by atoms with E-state index in [1.807, 2.05) is 11.0 Å². The zero-order chi connectivity index (χ0) is 14.8. The fraction of sp³-hybridized carbons (Fsp3) is 0.400. The molecule has 3 N–H and O–H groups in total. The zero-order valence-electron chi connectivity index (χ0n) is 11.8. The molecule has 1 aliphatic heterocycles. The van der Waals surface area contributed by atoms with Gasteiger partial charge in [-0.25, -0.2) is 0 Å². The van der Waals surface area contributed by atoms with E-state index >= 15 is 0 Å². The number of hydrogen-bond donors (Lipinski definition) is 2. The van der Waals surface area contributed by atoms with Crippen LogP contribution in [-0.2, 0) is 11.2 Å². The minimum atomic E-state index is -0.489. The fourth-order valence-corrected chi connectivity index (χ4v) is 2.83. The molecule has 0 atom stereocenters. The molecule has 110 valence electrons. The average Bonchev–Trinajstić information content (AvgIpc) is 3.14. The predicted molar refractivity (Wildman–Crippen MR) is 78.7 cm³/mol. The first-order valence-corrected chi connectivity index (χ1v) is 7.19. The lowest BCUT2D eigenvalue weighted by atomic mass is 10.0. The third-order valence-electron chi connectivity index (χ3n) is 3.96. The number of aryl methyl sites for hydroxylation is 1. The van der Waals surface area contributed by atoms with Gasteiger partial charge in [-0.2, -0.15) is 5.10 Å². The minimum absolute atomic E-state index is 0.181. The van der Waals surface area contributed by atoms with Gasteiger partial charge in [-0.15, -0.1) is 0 Å². The van der Waals surface area contributed by atoms with E-state index in [0.717, 1.165) is 36.9 Å². The maximum Gasteiger partial charge on any atom is 0.250 e. The lowest BCUT2D eigenvalue weighted by Crippen LogP contribution is -2.27. The van der Waals surface area contributed by atoms with E-state index in [1.54, 1.807) is 12.3 Å². The van der Waals surface area contributed by atoms with Crippen molar-refractivity contribution in [2.75, 3.05) is 13.1 Å². The first-order chi connectivity index (χ1) is 10.1. The quantitative estimate of drug-likeness (QED) is 0.885. The number of hydrogen-bond acceptors (Lipinski definition) is 3. The Morgan fingerprint density at radius 2 is 2.05 bits per heavy atom. The highest BCUT2D eigenvalue weighted by Gasteiger charge is 2.18. The molecule has 0 unspecified atom stereocenters. The summed E-state index contributed by atoms with van der Waals surface area (Å²) in [6.45, 7) is 1.73. The number of nitrogens with zero attached hydrogens (tertiary/aromatic N) is 2. The van der Waals surface area contributed by atoms with E-state index in [1.165, 1.54) is 0 Å². The summed E-state index contributed by atoms with van der Waals surface area (Å²) in [6.07, 6.45) is 4.92. The lowest BCUT2D eigenvalue weighted by Gasteiger charge is -2.15. The van der Waals surface area contributed by atoms with Crippen LogP contribution >= 0.6 is 0 Å². The first kappa shape index (κ1) is 13.6. The molecule has 0 bridgehead atoms. The van der Waals surface area contributed by atoms with Gasteiger partial charge in [0.25, 0.3) is 5.91 Å². The Bertz CT molecular complexity index is 686. The summed E-state index contributed by atoms with van der Waals surface area (Å²) in [5.41, 5.74) is 7.41. The Morgan fingerprint density at radius 1 is 1.29 bits per heavy atom. The number of benzene rings is 1. The topological polar surface area (TPSA) is 92.1 Å². The van der Waals surface area contributed by atoms with Crippen molar-refractivity contribution in [1.29, 1.82) is 0 Å². The summed E-state index contributed by atoms with van der Waals surface area (Å²) in [4.78, 5) is 25.5. The van der Waals surface area contributed by atoms with Crippen LogP contribution in [-0.4, -0.2) is 40.0 Å². The van der Waals surface area contributed by atoms with E-state index in [-0.39, 0.29) is 5.91 Å². The van der Waals surface area contributed by atoms with Crippen LogP contribution in [0.15, 0.2) is 18.3 Å². The third kappa shape index (κ3) is 2.74. The second kappa shape index (κ2) is 5.55. The molecular weight excluding hydrogens is 268 g/mol. The van der Waals surface area contributed by atoms with E-state index in [0.29, 0.717) is 23.9 Å². The third-order valence-corrected chi connectivity index (χ3v) is 3.96. The van der Waals surface area contributed by atoms with Gasteiger partial charge in [0.05, 0.1) is 17.3 Å². The summed E-state index contributed by atoms with van der Waals surface area (Å²) in [7, 11) is 0. The Morgan fingerprint density at radius 3 is 2.76 bits per heavy atom. The van der Waals surface area contributed by atoms with Gasteiger partial charge in [-0.05, 0) is 37.0 Å². The molecule has 0 aliphatic carbocycles. The summed E-state index contributed by atoms with van der Waals surface area (Å²) >= 11 is 0. The molecule has 6 nitrogen and oxygen atoms in total. The van der Waals surface area contributed by atoms with Gasteiger partial charge in [-0.3, -0.25) is 14.7 Å². The SMILES string of the molecule is NC(=O)c1cc(CCC(=O)N2CCCC2)cc2cn[nH]c12. The van der Waals surface area contributed by atoms with Crippen molar-refractivity contribution in [3.63, 3.8) is 0 Å². The number of amides is 2. The highest BCUT2D eigenvalue weighted by atomic mass is 16.2. The van der Waals surface area contributed by atoms with Gasteiger partial charge >= 0.3 is 0 Å². The molecule has 1 aromatic carbocycles. The molecule has 21 heavy (non-hydrogen) atoms. The summed E-state index contributed by atoms with van der Waals surface area (Å²) in [5, 5.41) is 7.56. The molecule has 6 heteroatoms. The van der Waals surface area contributed by atoms with E-state index in [9.17, 15) is 9.59 Å². The molecule has 0 saturated carbocycles. The summed E-state index contributed by atoms with van der Waals surface area (Å²) in [6, 6.07) is 3.70. The van der Waals surface area contributed by atoms with Crippen LogP contribution in [0, 0.1) is 0 Å². The van der Waals surface area contributed by atoms with Gasteiger partial charge in [0.1, 0.15) is 0 Å². The molecule has 1 saturated heterocycles. The molecule has 0 radical (unpaired) electrons. The van der Waals surface area contributed by atoms with Crippen LogP contribution in [0.5, 0.6) is 0 Å². The van der Waals surface area contributed by atoms with Crippen LogP contribution in [0.3, 0.4) is 0 Å². The standard InChI is InChI=1S/C15H18N4O2/c16-15(21)12-8-10(7-11-9-17-18-14(11)12)3-4-13(20)19-5-1-2-6-19/h7-9H,1-6H2,(H2,16,21)(H,17,18). The smallest absolute Gasteiger partial charge is 0.250 e. The molecule has 1 fully saturated rings. The number of rotatable bonds is 4. The normalized spacial score (nSPS) is 14.8. The van der Waals surface area contributed by atoms with Crippen LogP contribution < -0.4 is 5.73 Å². The fourth-order valence-electron chi connectivity index (χ4n) is 2.83. The summed E-state index contributed by atoms with van der Waals surface area (Å²) in [5.74, 6) is -0.308. The number of nitrogens with two attached hydrogens (primary N) is 1. The number of H-pyrrole nitrogens is 1. The number of aromatic amines is 1. The second-order valence-corrected chi connectivity index (χ2v) is 5.43. The molecule has 2 heterocycles. The number of likely N-dealkylation sites (tertiary alicyclic amines) is 1. The van der Waals surface area contributed by atoms with Gasteiger partial charge in [0, 0.05) is 24.9 Å². The molecular formula is C15H18N4O2. The number of fused-ring (bicyclic) bond motifs is 1. The van der Waals surface area contributed by atoms with Gasteiger partial charge in [-0.1, -0.05) is 0 Å². The molecule has 1 aliphatic rings. The number of aromatic nitrogens is 2. The van der Waals surface area contributed by atoms with Gasteiger partial charge < -0.3 is 10.6 Å². The van der Waals surface area contributed by atoms with Crippen molar-refractivity contribution in [3.05, 3.63) is 29.5 Å². The van der Waals surface area contributed by atoms with Crippen molar-refractivity contribution < 1.29 is 9.59 Å². The highest BCUT2D eigenvalue weighted by molar-refractivity contribution is 6.04. The van der Waals surface area contributed by atoms with Crippen LogP contribution in [0.25, 0.3) is 10.9 Å². The second-order valence-electron chi connectivity index (χ2n) is 5.43. The Labute approximate surface area is 122 Å². The minimum Gasteiger partial charge on any atom is -0.366 e. The Hall–Kier alpha value is -2.37. The Balaban J connectivity index is 1.77. The first-order valence-electron chi connectivity index (χ1n) is 7.19. The zero-order valence-corrected chi connectivity index (χ0v) is 11.8. The van der Waals surface area contributed by atoms with Crippen LogP contribution in [0.2, 0.25) is 0 Å². The van der Waals surface area contributed by atoms with Crippen molar-refractivity contribution >= 4 is 22.7 Å². The molecule has 0 spiro atoms. The van der Waals surface area contributed by atoms with Gasteiger partial charge in [0.2, 0.25) is 5.91 Å². The maximum absolute atomic E-state index is 12.1. The van der Waals surface area contributed by atoms with Crippen molar-refractivity contribution in [2.24, 2.45) is 5.73 Å². The lowest BCUT2D eigenvalue weighted by molar-refractivity contribution is -0.130. The number of carbonyl (C=O) groups is 2. The van der Waals surface area contributed by atoms with Crippen LogP contribution in [0.4, 0.5) is 0 Å². The Kier molecular flexibility index (Phi) is 3.60. The number of primary amides is 1. The van der Waals surface area contributed by atoms with Crippen molar-refractivity contribution in [3.8, 4) is 0 Å². The summed E-state index contributed by atoms with van der Waals surface area (Å²) < 4.78 is 0. The number of nitrogens with one attached hydrogen (secondary N) is 1. The van der Waals surface area contributed by atoms with E-state index < -0.39 is 5.91 Å². The molecule has 2 amide bonds. The van der Waals surface area contributed by atoms with E-state index in [4.69, 9.17) is 5.73 Å². The maximum atomic E-state index is 12.1. The molecule has 2 aromatic rings. The highest BCUT2D eigenvalue weighted by Crippen LogP contribution is 2.20. The van der Waals surface area contributed by atoms with Gasteiger partial charge in [0.15, 0.2) is 0 Å². The number of carbonyl (C=O) groups excluding carboxylic acids is 2. The molecule has 1 aromatic heterocycles. The average molecular weight is 286 g/mol. The van der Waals surface area contributed by atoms with Crippen molar-refractivity contribution in [1.82, 2.24) is 15.1 Å². The molecule has 3 rings (SSSR count). The predicted octanol–water partition coefficient (Wildman–Crippen LogP) is 1.22. The monoisotopic (exact) mass is 286 g/mol. The van der Waals surface area contributed by atoms with Crippen molar-refractivity contribution in [2.45, 2.75) is 25.7 Å². The largest absolute Gasteiger partial charge is 0.366 e. The van der Waals surface area contributed by atoms with Crippen LogP contribution in [0.1, 0.15) is 35.2 Å². The van der Waals surface area contributed by atoms with E-state index in [2.05, 4.69) is 10.2 Å².